The molecule has 6 nitrogen and oxygen atoms in total. The number of carbonyl (C=O) groups is 1. The number of aromatic nitrogens is 2. The Hall–Kier alpha value is -3.82. The van der Waals surface area contributed by atoms with E-state index in [1.165, 1.54) is 30.3 Å². The first-order valence-electron chi connectivity index (χ1n) is 11.6. The molecule has 1 amide bonds. The molecule has 1 fully saturated rings. The molecule has 1 aliphatic rings. The number of hydrogen-bond acceptors (Lipinski definition) is 3. The van der Waals surface area contributed by atoms with Crippen LogP contribution in [0.1, 0.15) is 29.9 Å². The third-order valence-corrected chi connectivity index (χ3v) is 6.81. The van der Waals surface area contributed by atoms with Crippen LogP contribution in [0.15, 0.2) is 85.2 Å². The van der Waals surface area contributed by atoms with E-state index in [-0.39, 0.29) is 35.3 Å². The van der Waals surface area contributed by atoms with Gasteiger partial charge in [-0.2, -0.15) is 0 Å². The Balaban J connectivity index is 1.44. The summed E-state index contributed by atoms with van der Waals surface area (Å²) >= 11 is 11.8. The summed E-state index contributed by atoms with van der Waals surface area (Å²) in [6.07, 6.45) is 3.73. The van der Waals surface area contributed by atoms with E-state index in [1.54, 1.807) is 18.3 Å². The van der Waals surface area contributed by atoms with E-state index >= 15 is 0 Å². The lowest BCUT2D eigenvalue weighted by atomic mass is 10.0. The molecule has 0 saturated carbocycles. The van der Waals surface area contributed by atoms with Crippen LogP contribution in [-0.2, 0) is 4.79 Å². The second kappa shape index (κ2) is 10.7. The molecule has 2 aromatic heterocycles. The molecule has 188 valence electrons. The molecular formula is C27H22ClF2N5OS. The lowest BCUT2D eigenvalue weighted by molar-refractivity contribution is -0.116. The first-order chi connectivity index (χ1) is 17.9. The number of benzene rings is 2. The molecule has 10 heteroatoms. The number of halogens is 3. The van der Waals surface area contributed by atoms with Gasteiger partial charge in [0.05, 0.1) is 22.8 Å². The Morgan fingerprint density at radius 1 is 1.08 bits per heavy atom. The van der Waals surface area contributed by atoms with Gasteiger partial charge in [0.2, 0.25) is 5.91 Å². The smallest absolute Gasteiger partial charge is 0.226 e. The quantitative estimate of drug-likeness (QED) is 0.292. The second-order valence-electron chi connectivity index (χ2n) is 8.53. The molecule has 2 N–H and O–H groups in total. The number of pyridine rings is 1. The normalized spacial score (nSPS) is 17.1. The predicted octanol–water partition coefficient (Wildman–Crippen LogP) is 5.81. The molecule has 2 aromatic carbocycles. The number of nitrogens with zero attached hydrogens (tertiary/aromatic N) is 3. The lowest BCUT2D eigenvalue weighted by Crippen LogP contribution is -2.33. The van der Waals surface area contributed by atoms with Gasteiger partial charge < -0.3 is 20.1 Å². The van der Waals surface area contributed by atoms with Crippen molar-refractivity contribution in [1.82, 2.24) is 19.8 Å². The van der Waals surface area contributed by atoms with Crippen molar-refractivity contribution >= 4 is 40.5 Å². The molecule has 37 heavy (non-hydrogen) atoms. The molecule has 0 aliphatic carbocycles. The molecular weight excluding hydrogens is 516 g/mol. The molecule has 0 unspecified atom stereocenters. The highest BCUT2D eigenvalue weighted by atomic mass is 35.5. The second-order valence-corrected chi connectivity index (χ2v) is 9.32. The van der Waals surface area contributed by atoms with Gasteiger partial charge in [-0.25, -0.2) is 8.78 Å². The van der Waals surface area contributed by atoms with E-state index in [2.05, 4.69) is 15.6 Å². The maximum absolute atomic E-state index is 13.8. The van der Waals surface area contributed by atoms with Gasteiger partial charge in [0.15, 0.2) is 5.11 Å². The van der Waals surface area contributed by atoms with Gasteiger partial charge >= 0.3 is 0 Å². The highest BCUT2D eigenvalue weighted by molar-refractivity contribution is 7.80. The fourth-order valence-corrected chi connectivity index (χ4v) is 4.96. The Kier molecular flexibility index (Phi) is 7.16. The number of anilines is 1. The van der Waals surface area contributed by atoms with Gasteiger partial charge in [0.25, 0.3) is 0 Å². The van der Waals surface area contributed by atoms with Gasteiger partial charge in [0.1, 0.15) is 11.6 Å². The minimum atomic E-state index is -0.497. The van der Waals surface area contributed by atoms with E-state index in [4.69, 9.17) is 23.8 Å². The van der Waals surface area contributed by atoms with Crippen molar-refractivity contribution < 1.29 is 13.6 Å². The maximum Gasteiger partial charge on any atom is 0.226 e. The average Bonchev–Trinajstić information content (AvgIpc) is 3.50. The number of amides is 1. The number of hydrogen-bond donors (Lipinski definition) is 2. The summed E-state index contributed by atoms with van der Waals surface area (Å²) in [5, 5.41) is 6.65. The van der Waals surface area contributed by atoms with Gasteiger partial charge in [-0.1, -0.05) is 17.7 Å². The Labute approximate surface area is 222 Å². The van der Waals surface area contributed by atoms with Gasteiger partial charge in [-0.15, -0.1) is 0 Å². The zero-order chi connectivity index (χ0) is 25.9. The van der Waals surface area contributed by atoms with Gasteiger partial charge in [0, 0.05) is 42.4 Å². The molecule has 2 atom stereocenters. The van der Waals surface area contributed by atoms with Crippen LogP contribution in [0.3, 0.4) is 0 Å². The zero-order valence-electron chi connectivity index (χ0n) is 19.4. The number of carbonyl (C=O) groups excluding carboxylic acids is 1. The Bertz CT molecular complexity index is 1430. The zero-order valence-corrected chi connectivity index (χ0v) is 21.0. The SMILES string of the molecule is O=C(CCN1C(=S)N[C@H](c2ccccn2)[C@H]1c1cccn1-c1ccc(F)c(Cl)c1)Nc1ccc(F)cc1. The fraction of sp³-hybridized carbons (Fsp3) is 0.148. The minimum absolute atomic E-state index is 0.0211. The van der Waals surface area contributed by atoms with Gasteiger partial charge in [-0.3, -0.25) is 9.78 Å². The monoisotopic (exact) mass is 537 g/mol. The summed E-state index contributed by atoms with van der Waals surface area (Å²) in [7, 11) is 0. The summed E-state index contributed by atoms with van der Waals surface area (Å²) in [5.74, 6) is -1.10. The van der Waals surface area contributed by atoms with Crippen LogP contribution < -0.4 is 10.6 Å². The Morgan fingerprint density at radius 3 is 2.62 bits per heavy atom. The molecule has 0 radical (unpaired) electrons. The highest BCUT2D eigenvalue weighted by Gasteiger charge is 2.41. The van der Waals surface area contributed by atoms with Gasteiger partial charge in [-0.05, 0) is 78.9 Å². The minimum Gasteiger partial charge on any atom is -0.352 e. The molecule has 1 saturated heterocycles. The van der Waals surface area contributed by atoms with E-state index in [0.717, 1.165) is 11.4 Å². The first kappa shape index (κ1) is 24.9. The van der Waals surface area contributed by atoms with Crippen LogP contribution >= 0.6 is 23.8 Å². The highest BCUT2D eigenvalue weighted by Crippen LogP contribution is 2.39. The lowest BCUT2D eigenvalue weighted by Gasteiger charge is -2.29. The van der Waals surface area contributed by atoms with E-state index < -0.39 is 5.82 Å². The molecule has 0 bridgehead atoms. The van der Waals surface area contributed by atoms with Crippen LogP contribution in [0.5, 0.6) is 0 Å². The van der Waals surface area contributed by atoms with E-state index in [0.29, 0.717) is 23.0 Å². The number of rotatable bonds is 7. The van der Waals surface area contributed by atoms with Crippen LogP contribution in [0, 0.1) is 11.6 Å². The molecule has 0 spiro atoms. The van der Waals surface area contributed by atoms with Crippen molar-refractivity contribution in [3.63, 3.8) is 0 Å². The summed E-state index contributed by atoms with van der Waals surface area (Å²) < 4.78 is 29.0. The van der Waals surface area contributed by atoms with Crippen molar-refractivity contribution in [2.75, 3.05) is 11.9 Å². The fourth-order valence-electron chi connectivity index (χ4n) is 4.45. The summed E-state index contributed by atoms with van der Waals surface area (Å²) in [6, 6.07) is 19.0. The van der Waals surface area contributed by atoms with E-state index in [1.807, 2.05) is 46.0 Å². The molecule has 5 rings (SSSR count). The summed E-state index contributed by atoms with van der Waals surface area (Å²) in [4.78, 5) is 19.2. The van der Waals surface area contributed by atoms with Crippen molar-refractivity contribution in [3.8, 4) is 5.69 Å². The van der Waals surface area contributed by atoms with Crippen LogP contribution in [0.25, 0.3) is 5.69 Å². The number of thiocarbonyl (C=S) groups is 1. The average molecular weight is 538 g/mol. The predicted molar refractivity (Wildman–Crippen MR) is 143 cm³/mol. The topological polar surface area (TPSA) is 62.2 Å². The van der Waals surface area contributed by atoms with Crippen LogP contribution in [0.4, 0.5) is 14.5 Å². The largest absolute Gasteiger partial charge is 0.352 e. The van der Waals surface area contributed by atoms with Crippen molar-refractivity contribution in [1.29, 1.82) is 0 Å². The van der Waals surface area contributed by atoms with Crippen molar-refractivity contribution in [3.05, 3.63) is 113 Å². The molecule has 4 aromatic rings. The van der Waals surface area contributed by atoms with E-state index in [9.17, 15) is 13.6 Å². The van der Waals surface area contributed by atoms with Crippen LogP contribution in [0.2, 0.25) is 5.02 Å². The molecule has 3 heterocycles. The standard InChI is InChI=1S/C27H22ClF2N5OS/c28-20-16-19(10-11-21(20)30)34-14-3-5-23(34)26-25(22-4-1-2-13-31-22)33-27(37)35(26)15-12-24(36)32-18-8-6-17(29)7-9-18/h1-11,13-14,16,25-26H,12,15H2,(H,32,36)(H,33,37)/t25-,26-/m1/s1. The third-order valence-electron chi connectivity index (χ3n) is 6.17. The summed E-state index contributed by atoms with van der Waals surface area (Å²) in [5.41, 5.74) is 2.86. The molecule has 1 aliphatic heterocycles. The van der Waals surface area contributed by atoms with Crippen LogP contribution in [-0.4, -0.2) is 32.0 Å². The van der Waals surface area contributed by atoms with Crippen molar-refractivity contribution in [2.45, 2.75) is 18.5 Å². The Morgan fingerprint density at radius 2 is 1.89 bits per heavy atom. The summed E-state index contributed by atoms with van der Waals surface area (Å²) in [6.45, 7) is 0.322. The number of nitrogens with one attached hydrogen (secondary N) is 2. The third kappa shape index (κ3) is 5.33. The van der Waals surface area contributed by atoms with Crippen molar-refractivity contribution in [2.24, 2.45) is 0 Å². The maximum atomic E-state index is 13.8. The first-order valence-corrected chi connectivity index (χ1v) is 12.4.